The Morgan fingerprint density at radius 1 is 1.03 bits per heavy atom. The third kappa shape index (κ3) is 5.78. The Morgan fingerprint density at radius 3 is 2.21 bits per heavy atom. The lowest BCUT2D eigenvalue weighted by Crippen LogP contribution is -2.54. The molecule has 2 aromatic rings. The predicted octanol–water partition coefficient (Wildman–Crippen LogP) is 4.02. The molecule has 1 aliphatic carbocycles. The fourth-order valence-electron chi connectivity index (χ4n) is 6.50. The third-order valence-corrected chi connectivity index (χ3v) is 9.44. The van der Waals surface area contributed by atoms with Gasteiger partial charge < -0.3 is 15.0 Å². The number of rotatable bonds is 5. The number of likely N-dealkylation sites (tertiary alicyclic amines) is 1. The highest BCUT2D eigenvalue weighted by molar-refractivity contribution is 7.92. The van der Waals surface area contributed by atoms with Crippen molar-refractivity contribution in [1.82, 2.24) is 10.2 Å². The molecule has 1 spiro atoms. The van der Waals surface area contributed by atoms with E-state index in [2.05, 4.69) is 17.4 Å². The molecule has 0 bridgehead atoms. The van der Waals surface area contributed by atoms with E-state index in [1.54, 1.807) is 20.8 Å². The molecule has 5 rings (SSSR count). The molecule has 0 saturated carbocycles. The van der Waals surface area contributed by atoms with Crippen molar-refractivity contribution in [2.75, 3.05) is 30.2 Å². The molecule has 2 aromatic carbocycles. The van der Waals surface area contributed by atoms with E-state index in [1.165, 1.54) is 21.7 Å². The second-order valence-corrected chi connectivity index (χ2v) is 14.3. The first kappa shape index (κ1) is 27.5. The van der Waals surface area contributed by atoms with E-state index >= 15 is 0 Å². The van der Waals surface area contributed by atoms with Gasteiger partial charge in [-0.1, -0.05) is 42.5 Å². The maximum atomic E-state index is 13.9. The number of sulfonamides is 1. The average Bonchev–Trinajstić information content (AvgIpc) is 3.42. The Hall–Kier alpha value is -3.07. The molecule has 0 aromatic heterocycles. The topological polar surface area (TPSA) is 96.0 Å². The first-order chi connectivity index (χ1) is 18.3. The van der Waals surface area contributed by atoms with Crippen LogP contribution in [0, 0.1) is 5.92 Å². The van der Waals surface area contributed by atoms with E-state index in [0.717, 1.165) is 24.1 Å². The minimum absolute atomic E-state index is 0.0992. The number of alkyl carbamates (subject to hydrolysis) is 1. The van der Waals surface area contributed by atoms with Gasteiger partial charge in [0, 0.05) is 25.0 Å². The summed E-state index contributed by atoms with van der Waals surface area (Å²) in [7, 11) is -3.41. The molecule has 0 radical (unpaired) electrons. The maximum Gasteiger partial charge on any atom is 0.408 e. The quantitative estimate of drug-likeness (QED) is 0.603. The molecule has 1 unspecified atom stereocenters. The number of para-hydroxylation sites is 1. The molecular formula is C30H39N3O5S. The second-order valence-electron chi connectivity index (χ2n) is 12.4. The summed E-state index contributed by atoms with van der Waals surface area (Å²) in [5, 5.41) is 2.89. The highest BCUT2D eigenvalue weighted by Gasteiger charge is 2.48. The lowest BCUT2D eigenvalue weighted by Gasteiger charge is -2.41. The van der Waals surface area contributed by atoms with E-state index < -0.39 is 27.8 Å². The zero-order valence-electron chi connectivity index (χ0n) is 23.3. The van der Waals surface area contributed by atoms with Gasteiger partial charge in [0.2, 0.25) is 15.9 Å². The van der Waals surface area contributed by atoms with Gasteiger partial charge in [0.1, 0.15) is 11.6 Å². The van der Waals surface area contributed by atoms with Crippen LogP contribution in [0.5, 0.6) is 0 Å². The molecule has 1 N–H and O–H groups in total. The van der Waals surface area contributed by atoms with Gasteiger partial charge in [-0.25, -0.2) is 13.2 Å². The molecule has 2 aliphatic heterocycles. The van der Waals surface area contributed by atoms with Gasteiger partial charge in [-0.05, 0) is 81.5 Å². The van der Waals surface area contributed by atoms with Crippen molar-refractivity contribution in [3.05, 3.63) is 65.2 Å². The van der Waals surface area contributed by atoms with E-state index in [-0.39, 0.29) is 17.2 Å². The normalized spacial score (nSPS) is 19.5. The van der Waals surface area contributed by atoms with Gasteiger partial charge in [-0.2, -0.15) is 0 Å². The van der Waals surface area contributed by atoms with Crippen molar-refractivity contribution in [3.63, 3.8) is 0 Å². The van der Waals surface area contributed by atoms with Gasteiger partial charge >= 0.3 is 6.09 Å². The molecule has 2 amide bonds. The van der Waals surface area contributed by atoms with Crippen LogP contribution >= 0.6 is 0 Å². The summed E-state index contributed by atoms with van der Waals surface area (Å²) in [5.74, 6) is 0.158. The number of hydrogen-bond donors (Lipinski definition) is 1. The molecule has 1 fully saturated rings. The van der Waals surface area contributed by atoms with Crippen molar-refractivity contribution in [3.8, 4) is 0 Å². The van der Waals surface area contributed by atoms with Crippen molar-refractivity contribution >= 4 is 27.7 Å². The van der Waals surface area contributed by atoms with Crippen molar-refractivity contribution in [1.29, 1.82) is 0 Å². The Bertz CT molecular complexity index is 1330. The zero-order valence-corrected chi connectivity index (χ0v) is 24.1. The van der Waals surface area contributed by atoms with Crippen LogP contribution < -0.4 is 9.62 Å². The van der Waals surface area contributed by atoms with Crippen LogP contribution in [-0.2, 0) is 37.8 Å². The molecular weight excluding hydrogens is 514 g/mol. The van der Waals surface area contributed by atoms with Crippen LogP contribution in [0.3, 0.4) is 0 Å². The molecule has 39 heavy (non-hydrogen) atoms. The number of carbonyl (C=O) groups excluding carboxylic acids is 2. The van der Waals surface area contributed by atoms with Crippen LogP contribution in [-0.4, -0.2) is 62.9 Å². The van der Waals surface area contributed by atoms with Crippen LogP contribution in [0.25, 0.3) is 0 Å². The number of nitrogens with zero attached hydrogens (tertiary/aromatic N) is 2. The van der Waals surface area contributed by atoms with Crippen LogP contribution in [0.4, 0.5) is 10.5 Å². The fraction of sp³-hybridized carbons (Fsp3) is 0.533. The largest absolute Gasteiger partial charge is 0.444 e. The third-order valence-electron chi connectivity index (χ3n) is 8.32. The number of fused-ring (bicyclic) bond motifs is 3. The Morgan fingerprint density at radius 2 is 1.62 bits per heavy atom. The summed E-state index contributed by atoms with van der Waals surface area (Å²) < 4.78 is 32.1. The van der Waals surface area contributed by atoms with Gasteiger partial charge in [-0.15, -0.1) is 0 Å². The minimum atomic E-state index is -3.41. The molecule has 3 aliphatic rings. The number of amides is 2. The van der Waals surface area contributed by atoms with Crippen molar-refractivity contribution in [2.24, 2.45) is 5.92 Å². The lowest BCUT2D eigenvalue weighted by molar-refractivity contribution is -0.135. The first-order valence-electron chi connectivity index (χ1n) is 13.8. The SMILES string of the molecule is CC(C)(C)OC(=O)NC(CC1Cc2ccccc2C1)C(=O)N1CCC2(CC1)CN(S(C)(=O)=O)c1ccccc12. The van der Waals surface area contributed by atoms with Gasteiger partial charge in [0.05, 0.1) is 11.9 Å². The summed E-state index contributed by atoms with van der Waals surface area (Å²) in [6.45, 7) is 6.82. The van der Waals surface area contributed by atoms with Gasteiger partial charge in [0.15, 0.2) is 0 Å². The summed E-state index contributed by atoms with van der Waals surface area (Å²) in [6.07, 6.45) is 4.30. The van der Waals surface area contributed by atoms with E-state index in [4.69, 9.17) is 4.74 Å². The Balaban J connectivity index is 1.31. The van der Waals surface area contributed by atoms with Crippen LogP contribution in [0.1, 0.15) is 56.7 Å². The second kappa shape index (κ2) is 10.2. The number of anilines is 1. The Kier molecular flexibility index (Phi) is 7.16. The van der Waals surface area contributed by atoms with Gasteiger partial charge in [-0.3, -0.25) is 9.10 Å². The number of hydrogen-bond acceptors (Lipinski definition) is 5. The standard InChI is InChI=1S/C30H39N3O5S/c1-29(2,3)38-28(35)31-25(19-21-17-22-9-5-6-10-23(22)18-21)27(34)32-15-13-30(14-16-32)20-33(39(4,36)37)26-12-8-7-11-24(26)30/h5-12,21,25H,13-20H2,1-4H3,(H,31,35). The van der Waals surface area contributed by atoms with Crippen molar-refractivity contribution in [2.45, 2.75) is 69.9 Å². The lowest BCUT2D eigenvalue weighted by atomic mass is 9.74. The minimum Gasteiger partial charge on any atom is -0.444 e. The van der Waals surface area contributed by atoms with Gasteiger partial charge in [0.25, 0.3) is 0 Å². The highest BCUT2D eigenvalue weighted by Crippen LogP contribution is 2.48. The van der Waals surface area contributed by atoms with E-state index in [0.29, 0.717) is 38.9 Å². The van der Waals surface area contributed by atoms with Crippen molar-refractivity contribution < 1.29 is 22.7 Å². The number of ether oxygens (including phenoxy) is 1. The fourth-order valence-corrected chi connectivity index (χ4v) is 7.50. The molecule has 9 heteroatoms. The summed E-state index contributed by atoms with van der Waals surface area (Å²) in [4.78, 5) is 28.5. The Labute approximate surface area is 231 Å². The first-order valence-corrected chi connectivity index (χ1v) is 15.6. The molecule has 210 valence electrons. The van der Waals surface area contributed by atoms with E-state index in [1.807, 2.05) is 41.3 Å². The summed E-state index contributed by atoms with van der Waals surface area (Å²) in [6, 6.07) is 15.4. The highest BCUT2D eigenvalue weighted by atomic mass is 32.2. The monoisotopic (exact) mass is 553 g/mol. The molecule has 2 heterocycles. The average molecular weight is 554 g/mol. The number of piperidine rings is 1. The molecule has 1 saturated heterocycles. The molecule has 1 atom stereocenters. The number of benzene rings is 2. The number of carbonyl (C=O) groups is 2. The van der Waals surface area contributed by atoms with E-state index in [9.17, 15) is 18.0 Å². The molecule has 8 nitrogen and oxygen atoms in total. The smallest absolute Gasteiger partial charge is 0.408 e. The zero-order chi connectivity index (χ0) is 28.0. The van der Waals surface area contributed by atoms with Crippen LogP contribution in [0.2, 0.25) is 0 Å². The summed E-state index contributed by atoms with van der Waals surface area (Å²) in [5.41, 5.74) is 3.40. The summed E-state index contributed by atoms with van der Waals surface area (Å²) >= 11 is 0. The predicted molar refractivity (Wildman–Crippen MR) is 151 cm³/mol. The number of nitrogens with one attached hydrogen (secondary N) is 1. The maximum absolute atomic E-state index is 13.9. The van der Waals surface area contributed by atoms with Crippen LogP contribution in [0.15, 0.2) is 48.5 Å².